The molecular formula is C12H20N4O2. The number of nitrogens with two attached hydrogens (primary N) is 1. The van der Waals surface area contributed by atoms with Gasteiger partial charge in [-0.1, -0.05) is 0 Å². The molecule has 0 saturated carbocycles. The smallest absolute Gasteiger partial charge is 0.269 e. The van der Waals surface area contributed by atoms with Crippen LogP contribution in [0.2, 0.25) is 0 Å². The number of hydrogen-bond acceptors (Lipinski definition) is 4. The number of carbonyl (C=O) groups excluding carboxylic acids is 1. The van der Waals surface area contributed by atoms with Crippen LogP contribution in [0.4, 0.5) is 0 Å². The number of amides is 1. The molecule has 2 heterocycles. The average molecular weight is 252 g/mol. The van der Waals surface area contributed by atoms with Crippen molar-refractivity contribution in [2.75, 3.05) is 26.3 Å². The molecule has 2 N–H and O–H groups in total. The summed E-state index contributed by atoms with van der Waals surface area (Å²) in [4.78, 5) is 13.5. The van der Waals surface area contributed by atoms with Crippen molar-refractivity contribution in [3.05, 3.63) is 17.5 Å². The lowest BCUT2D eigenvalue weighted by molar-refractivity contribution is 0.0329. The summed E-state index contributed by atoms with van der Waals surface area (Å²) in [6.07, 6.45) is 0. The fourth-order valence-electron chi connectivity index (χ4n) is 2.11. The van der Waals surface area contributed by atoms with E-state index in [9.17, 15) is 4.79 Å². The molecule has 18 heavy (non-hydrogen) atoms. The van der Waals surface area contributed by atoms with Crippen molar-refractivity contribution in [2.45, 2.75) is 26.4 Å². The summed E-state index contributed by atoms with van der Waals surface area (Å²) in [6, 6.07) is 2.01. The molecule has 0 aromatic carbocycles. The quantitative estimate of drug-likeness (QED) is 0.841. The highest BCUT2D eigenvalue weighted by molar-refractivity contribution is 5.90. The molecular weight excluding hydrogens is 232 g/mol. The molecule has 0 bridgehead atoms. The first-order valence-corrected chi connectivity index (χ1v) is 6.26. The maximum Gasteiger partial charge on any atom is 0.269 e. The number of ether oxygens (including phenoxy) is 1. The van der Waals surface area contributed by atoms with E-state index in [1.165, 1.54) is 0 Å². The molecule has 1 aromatic rings. The van der Waals surface area contributed by atoms with Crippen LogP contribution in [-0.2, 0) is 11.3 Å². The largest absolute Gasteiger partial charge is 0.379 e. The second-order valence-corrected chi connectivity index (χ2v) is 4.81. The Balaban J connectivity index is 2.16. The number of aromatic nitrogens is 2. The van der Waals surface area contributed by atoms with Gasteiger partial charge in [-0.25, -0.2) is 0 Å². The molecule has 100 valence electrons. The number of rotatable bonds is 4. The van der Waals surface area contributed by atoms with E-state index in [0.29, 0.717) is 5.69 Å². The van der Waals surface area contributed by atoms with Crippen LogP contribution in [0.1, 0.15) is 36.1 Å². The van der Waals surface area contributed by atoms with Crippen molar-refractivity contribution in [3.8, 4) is 0 Å². The predicted octanol–water partition coefficient (Wildman–Crippen LogP) is 0.395. The van der Waals surface area contributed by atoms with Crippen molar-refractivity contribution >= 4 is 5.91 Å². The first-order chi connectivity index (χ1) is 8.58. The van der Waals surface area contributed by atoms with Gasteiger partial charge in [-0.15, -0.1) is 0 Å². The van der Waals surface area contributed by atoms with Crippen molar-refractivity contribution in [1.29, 1.82) is 0 Å². The van der Waals surface area contributed by atoms with E-state index >= 15 is 0 Å². The molecule has 0 atom stereocenters. The number of hydrogen-bond donors (Lipinski definition) is 1. The van der Waals surface area contributed by atoms with Crippen LogP contribution in [0.3, 0.4) is 0 Å². The lowest BCUT2D eigenvalue weighted by atomic mass is 10.3. The minimum absolute atomic E-state index is 0.217. The minimum atomic E-state index is -0.474. The third-order valence-electron chi connectivity index (χ3n) is 3.04. The van der Waals surface area contributed by atoms with Gasteiger partial charge in [-0.3, -0.25) is 14.4 Å². The Bertz CT molecular complexity index is 422. The Morgan fingerprint density at radius 3 is 2.72 bits per heavy atom. The van der Waals surface area contributed by atoms with Crippen LogP contribution in [-0.4, -0.2) is 46.9 Å². The summed E-state index contributed by atoms with van der Waals surface area (Å²) in [5.41, 5.74) is 6.65. The minimum Gasteiger partial charge on any atom is -0.379 e. The van der Waals surface area contributed by atoms with Crippen molar-refractivity contribution in [2.24, 2.45) is 5.73 Å². The zero-order valence-corrected chi connectivity index (χ0v) is 10.9. The highest BCUT2D eigenvalue weighted by Crippen LogP contribution is 2.14. The molecule has 6 heteroatoms. The average Bonchev–Trinajstić information content (AvgIpc) is 2.74. The lowest BCUT2D eigenvalue weighted by Gasteiger charge is -2.27. The second-order valence-electron chi connectivity index (χ2n) is 4.81. The van der Waals surface area contributed by atoms with E-state index in [2.05, 4.69) is 10.00 Å². The van der Waals surface area contributed by atoms with Gasteiger partial charge in [0.2, 0.25) is 0 Å². The maximum absolute atomic E-state index is 11.2. The van der Waals surface area contributed by atoms with Gasteiger partial charge in [0, 0.05) is 25.7 Å². The van der Waals surface area contributed by atoms with Crippen LogP contribution in [0, 0.1) is 0 Å². The zero-order valence-electron chi connectivity index (χ0n) is 10.9. The molecule has 1 aliphatic rings. The molecule has 1 aromatic heterocycles. The molecule has 0 radical (unpaired) electrons. The monoisotopic (exact) mass is 252 g/mol. The van der Waals surface area contributed by atoms with Crippen molar-refractivity contribution < 1.29 is 9.53 Å². The number of morpholine rings is 1. The molecule has 2 rings (SSSR count). The molecule has 0 unspecified atom stereocenters. The summed E-state index contributed by atoms with van der Waals surface area (Å²) in [5, 5.41) is 4.26. The van der Waals surface area contributed by atoms with E-state index in [4.69, 9.17) is 10.5 Å². The van der Waals surface area contributed by atoms with Gasteiger partial charge in [0.25, 0.3) is 5.91 Å². The molecule has 0 spiro atoms. The first kappa shape index (κ1) is 13.0. The Labute approximate surface area is 107 Å². The number of nitrogens with zero attached hydrogens (tertiary/aromatic N) is 3. The molecule has 1 aliphatic heterocycles. The molecule has 1 amide bonds. The number of carbonyl (C=O) groups is 1. The Morgan fingerprint density at radius 2 is 2.17 bits per heavy atom. The van der Waals surface area contributed by atoms with E-state index in [-0.39, 0.29) is 6.04 Å². The lowest BCUT2D eigenvalue weighted by Crippen LogP contribution is -2.36. The van der Waals surface area contributed by atoms with Gasteiger partial charge >= 0.3 is 0 Å². The maximum atomic E-state index is 11.2. The fraction of sp³-hybridized carbons (Fsp3) is 0.667. The highest BCUT2D eigenvalue weighted by atomic mass is 16.5. The summed E-state index contributed by atoms with van der Waals surface area (Å²) >= 11 is 0. The highest BCUT2D eigenvalue weighted by Gasteiger charge is 2.17. The fourth-order valence-corrected chi connectivity index (χ4v) is 2.11. The standard InChI is InChI=1S/C12H20N4O2/c1-9(2)16-10(7-11(14-16)12(13)17)8-15-3-5-18-6-4-15/h7,9H,3-6,8H2,1-2H3,(H2,13,17). The Morgan fingerprint density at radius 1 is 1.50 bits per heavy atom. The van der Waals surface area contributed by atoms with Crippen molar-refractivity contribution in [1.82, 2.24) is 14.7 Å². The summed E-state index contributed by atoms with van der Waals surface area (Å²) in [7, 11) is 0. The predicted molar refractivity (Wildman–Crippen MR) is 67.2 cm³/mol. The second kappa shape index (κ2) is 5.49. The summed E-state index contributed by atoms with van der Waals surface area (Å²) in [5.74, 6) is -0.474. The molecule has 6 nitrogen and oxygen atoms in total. The third-order valence-corrected chi connectivity index (χ3v) is 3.04. The van der Waals surface area contributed by atoms with Gasteiger partial charge in [0.15, 0.2) is 0 Å². The van der Waals surface area contributed by atoms with Gasteiger partial charge in [-0.2, -0.15) is 5.10 Å². The molecule has 0 aliphatic carbocycles. The van der Waals surface area contributed by atoms with Gasteiger partial charge in [0.05, 0.1) is 18.9 Å². The van der Waals surface area contributed by atoms with Gasteiger partial charge in [-0.05, 0) is 19.9 Å². The van der Waals surface area contributed by atoms with Crippen LogP contribution >= 0.6 is 0 Å². The normalized spacial score (nSPS) is 17.3. The topological polar surface area (TPSA) is 73.4 Å². The Kier molecular flexibility index (Phi) is 3.98. The van der Waals surface area contributed by atoms with E-state index in [1.807, 2.05) is 18.5 Å². The van der Waals surface area contributed by atoms with E-state index in [1.54, 1.807) is 6.07 Å². The van der Waals surface area contributed by atoms with Crippen LogP contribution in [0.15, 0.2) is 6.07 Å². The van der Waals surface area contributed by atoms with Crippen molar-refractivity contribution in [3.63, 3.8) is 0 Å². The number of primary amides is 1. The SMILES string of the molecule is CC(C)n1nc(C(N)=O)cc1CN1CCOCC1. The molecule has 1 saturated heterocycles. The van der Waals surface area contributed by atoms with Gasteiger partial charge < -0.3 is 10.5 Å². The van der Waals surface area contributed by atoms with Crippen LogP contribution in [0.5, 0.6) is 0 Å². The third kappa shape index (κ3) is 2.88. The van der Waals surface area contributed by atoms with E-state index < -0.39 is 5.91 Å². The zero-order chi connectivity index (χ0) is 13.1. The van der Waals surface area contributed by atoms with Crippen LogP contribution in [0.25, 0.3) is 0 Å². The Hall–Kier alpha value is -1.40. The van der Waals surface area contributed by atoms with Crippen LogP contribution < -0.4 is 5.73 Å². The molecule has 1 fully saturated rings. The summed E-state index contributed by atoms with van der Waals surface area (Å²) < 4.78 is 7.19. The van der Waals surface area contributed by atoms with E-state index in [0.717, 1.165) is 38.5 Å². The summed E-state index contributed by atoms with van der Waals surface area (Å²) in [6.45, 7) is 8.21. The first-order valence-electron chi connectivity index (χ1n) is 6.26. The van der Waals surface area contributed by atoms with Gasteiger partial charge in [0.1, 0.15) is 5.69 Å².